The minimum absolute atomic E-state index is 0. The fraction of sp³-hybridized carbons (Fsp3) is 0.526. The summed E-state index contributed by atoms with van der Waals surface area (Å²) >= 11 is 0. The number of halogens is 1. The Labute approximate surface area is 179 Å². The number of hydrogen-bond donors (Lipinski definition) is 2. The number of para-hydroxylation sites is 1. The molecule has 1 aromatic carbocycles. The van der Waals surface area contributed by atoms with Crippen LogP contribution in [0.25, 0.3) is 5.69 Å². The predicted molar refractivity (Wildman–Crippen MR) is 120 cm³/mol. The van der Waals surface area contributed by atoms with Crippen molar-refractivity contribution in [2.24, 2.45) is 10.4 Å². The summed E-state index contributed by atoms with van der Waals surface area (Å²) in [6.45, 7) is 10.4. The van der Waals surface area contributed by atoms with Gasteiger partial charge >= 0.3 is 0 Å². The number of ether oxygens (including phenoxy) is 1. The van der Waals surface area contributed by atoms with Gasteiger partial charge in [-0.1, -0.05) is 39.0 Å². The summed E-state index contributed by atoms with van der Waals surface area (Å²) < 4.78 is 7.54. The summed E-state index contributed by atoms with van der Waals surface area (Å²) in [7, 11) is 1.74. The van der Waals surface area contributed by atoms with Crippen molar-refractivity contribution in [1.29, 1.82) is 0 Å². The largest absolute Gasteiger partial charge is 0.379 e. The number of guanidine groups is 1. The zero-order chi connectivity index (χ0) is 19.0. The Hall–Kier alpha value is -1.68. The number of benzene rings is 1. The van der Waals surface area contributed by atoms with Crippen molar-refractivity contribution in [1.82, 2.24) is 25.4 Å². The maximum Gasteiger partial charge on any atom is 0.191 e. The molecule has 27 heavy (non-hydrogen) atoms. The minimum atomic E-state index is 0. The van der Waals surface area contributed by atoms with Crippen LogP contribution < -0.4 is 10.6 Å². The van der Waals surface area contributed by atoms with Gasteiger partial charge < -0.3 is 15.4 Å². The van der Waals surface area contributed by atoms with Gasteiger partial charge in [0.25, 0.3) is 0 Å². The quantitative estimate of drug-likeness (QED) is 0.358. The van der Waals surface area contributed by atoms with Gasteiger partial charge in [-0.2, -0.15) is 0 Å². The molecular formula is C19H31IN6O. The molecule has 2 N–H and O–H groups in total. The van der Waals surface area contributed by atoms with Crippen LogP contribution in [0.15, 0.2) is 41.7 Å². The van der Waals surface area contributed by atoms with E-state index in [1.165, 1.54) is 0 Å². The van der Waals surface area contributed by atoms with Gasteiger partial charge in [-0.3, -0.25) is 4.57 Å². The zero-order valence-corrected chi connectivity index (χ0v) is 19.1. The maximum absolute atomic E-state index is 5.60. The molecule has 0 aliphatic heterocycles. The molecule has 0 spiro atoms. The number of aromatic nitrogens is 3. The number of aliphatic imine (C=N–C) groups is 1. The molecule has 0 bridgehead atoms. The molecular weight excluding hydrogens is 455 g/mol. The molecule has 150 valence electrons. The fourth-order valence-electron chi connectivity index (χ4n) is 2.59. The number of nitrogens with one attached hydrogen (secondary N) is 2. The van der Waals surface area contributed by atoms with Gasteiger partial charge in [0.2, 0.25) is 0 Å². The number of methoxy groups -OCH3 is 1. The van der Waals surface area contributed by atoms with E-state index in [1.54, 1.807) is 13.4 Å². The van der Waals surface area contributed by atoms with Crippen LogP contribution >= 0.6 is 24.0 Å². The van der Waals surface area contributed by atoms with Gasteiger partial charge in [0, 0.05) is 25.9 Å². The lowest BCUT2D eigenvalue weighted by Crippen LogP contribution is -2.45. The van der Waals surface area contributed by atoms with Gasteiger partial charge in [0.05, 0.1) is 6.10 Å². The Kier molecular flexibility index (Phi) is 9.71. The highest BCUT2D eigenvalue weighted by Crippen LogP contribution is 2.20. The molecule has 0 amide bonds. The van der Waals surface area contributed by atoms with E-state index in [9.17, 15) is 0 Å². The van der Waals surface area contributed by atoms with Crippen molar-refractivity contribution in [3.05, 3.63) is 42.5 Å². The van der Waals surface area contributed by atoms with E-state index in [2.05, 4.69) is 46.6 Å². The monoisotopic (exact) mass is 486 g/mol. The summed E-state index contributed by atoms with van der Waals surface area (Å²) in [5.41, 5.74) is 1.07. The summed E-state index contributed by atoms with van der Waals surface area (Å²) in [5.74, 6) is 1.52. The molecule has 0 saturated carbocycles. The molecule has 1 atom stereocenters. The molecule has 0 aliphatic rings. The molecule has 0 fully saturated rings. The summed E-state index contributed by atoms with van der Waals surface area (Å²) in [6, 6.07) is 10.0. The average Bonchev–Trinajstić information content (AvgIpc) is 3.08. The second kappa shape index (κ2) is 11.2. The Bertz CT molecular complexity index is 696. The van der Waals surface area contributed by atoms with Crippen molar-refractivity contribution < 1.29 is 4.74 Å². The summed E-state index contributed by atoms with van der Waals surface area (Å²) in [4.78, 5) is 4.65. The van der Waals surface area contributed by atoms with Gasteiger partial charge in [-0.15, -0.1) is 34.2 Å². The van der Waals surface area contributed by atoms with Crippen molar-refractivity contribution in [2.45, 2.75) is 40.3 Å². The average molecular weight is 486 g/mol. The van der Waals surface area contributed by atoms with Gasteiger partial charge in [-0.25, -0.2) is 4.99 Å². The molecule has 7 nitrogen and oxygen atoms in total. The Balaban J connectivity index is 0.00000364. The van der Waals surface area contributed by atoms with Crippen molar-refractivity contribution >= 4 is 29.9 Å². The van der Waals surface area contributed by atoms with E-state index in [0.717, 1.165) is 24.0 Å². The van der Waals surface area contributed by atoms with Crippen LogP contribution in [0.2, 0.25) is 0 Å². The molecule has 2 aromatic rings. The van der Waals surface area contributed by atoms with Crippen LogP contribution in [0.1, 0.15) is 33.5 Å². The number of rotatable bonds is 7. The first-order valence-corrected chi connectivity index (χ1v) is 8.95. The van der Waals surface area contributed by atoms with Crippen LogP contribution in [0.5, 0.6) is 0 Å². The van der Waals surface area contributed by atoms with E-state index in [4.69, 9.17) is 4.74 Å². The van der Waals surface area contributed by atoms with Crippen molar-refractivity contribution in [3.63, 3.8) is 0 Å². The van der Waals surface area contributed by atoms with E-state index in [-0.39, 0.29) is 35.5 Å². The van der Waals surface area contributed by atoms with Crippen LogP contribution in [0.3, 0.4) is 0 Å². The lowest BCUT2D eigenvalue weighted by molar-refractivity contribution is 0.0205. The highest BCUT2D eigenvalue weighted by molar-refractivity contribution is 14.0. The van der Waals surface area contributed by atoms with E-state index >= 15 is 0 Å². The lowest BCUT2D eigenvalue weighted by Gasteiger charge is -2.30. The fourth-order valence-corrected chi connectivity index (χ4v) is 2.59. The van der Waals surface area contributed by atoms with Gasteiger partial charge in [-0.05, 0) is 24.5 Å². The third-order valence-electron chi connectivity index (χ3n) is 4.08. The molecule has 0 aliphatic carbocycles. The number of hydrogen-bond acceptors (Lipinski definition) is 4. The third kappa shape index (κ3) is 7.10. The molecule has 1 heterocycles. The Morgan fingerprint density at radius 3 is 2.52 bits per heavy atom. The van der Waals surface area contributed by atoms with E-state index in [1.807, 2.05) is 41.8 Å². The molecule has 8 heteroatoms. The van der Waals surface area contributed by atoms with Crippen molar-refractivity contribution in [3.8, 4) is 5.69 Å². The summed E-state index contributed by atoms with van der Waals surface area (Å²) in [5, 5.41) is 14.8. The normalized spacial score (nSPS) is 13.0. The number of nitrogens with zero attached hydrogens (tertiary/aromatic N) is 4. The lowest BCUT2D eigenvalue weighted by atomic mass is 9.89. The standard InChI is InChI=1S/C19H30N6O.HI/c1-6-20-18(21-12-16(26-5)19(2,3)4)22-13-17-24-23-14-25(17)15-10-8-7-9-11-15;/h7-11,14,16H,6,12-13H2,1-5H3,(H2,20,21,22);1H. The molecule has 0 saturated heterocycles. The minimum Gasteiger partial charge on any atom is -0.379 e. The van der Waals surface area contributed by atoms with Gasteiger partial charge in [0.15, 0.2) is 11.8 Å². The second-order valence-electron chi connectivity index (χ2n) is 7.12. The van der Waals surface area contributed by atoms with Crippen LogP contribution in [0.4, 0.5) is 0 Å². The first kappa shape index (κ1) is 23.4. The predicted octanol–water partition coefficient (Wildman–Crippen LogP) is 3.00. The first-order valence-electron chi connectivity index (χ1n) is 8.95. The smallest absolute Gasteiger partial charge is 0.191 e. The Morgan fingerprint density at radius 1 is 1.22 bits per heavy atom. The van der Waals surface area contributed by atoms with Crippen molar-refractivity contribution in [2.75, 3.05) is 20.2 Å². The van der Waals surface area contributed by atoms with Crippen LogP contribution in [-0.2, 0) is 11.3 Å². The van der Waals surface area contributed by atoms with E-state index < -0.39 is 0 Å². The first-order chi connectivity index (χ1) is 12.5. The van der Waals surface area contributed by atoms with E-state index in [0.29, 0.717) is 13.1 Å². The third-order valence-corrected chi connectivity index (χ3v) is 4.08. The zero-order valence-electron chi connectivity index (χ0n) is 16.8. The Morgan fingerprint density at radius 2 is 1.93 bits per heavy atom. The summed E-state index contributed by atoms with van der Waals surface area (Å²) in [6.07, 6.45) is 1.79. The van der Waals surface area contributed by atoms with Crippen LogP contribution in [0, 0.1) is 5.41 Å². The topological polar surface area (TPSA) is 76.4 Å². The molecule has 1 unspecified atom stereocenters. The highest BCUT2D eigenvalue weighted by atomic mass is 127. The second-order valence-corrected chi connectivity index (χ2v) is 7.12. The van der Waals surface area contributed by atoms with Gasteiger partial charge in [0.1, 0.15) is 12.9 Å². The SMILES string of the molecule is CCNC(=NCc1nncn1-c1ccccc1)NCC(OC)C(C)(C)C.I. The van der Waals surface area contributed by atoms with Crippen LogP contribution in [-0.4, -0.2) is 47.0 Å². The molecule has 2 rings (SSSR count). The highest BCUT2D eigenvalue weighted by Gasteiger charge is 2.24. The molecule has 1 aromatic heterocycles. The molecule has 0 radical (unpaired) electrons. The maximum atomic E-state index is 5.60.